The van der Waals surface area contributed by atoms with Crippen molar-refractivity contribution in [2.75, 3.05) is 6.61 Å². The van der Waals surface area contributed by atoms with E-state index in [2.05, 4.69) is 5.32 Å². The molecule has 110 valence electrons. The summed E-state index contributed by atoms with van der Waals surface area (Å²) in [5, 5.41) is 11.8. The van der Waals surface area contributed by atoms with Crippen LogP contribution in [0, 0.1) is 11.6 Å². The van der Waals surface area contributed by atoms with Crippen LogP contribution in [-0.4, -0.2) is 23.7 Å². The van der Waals surface area contributed by atoms with E-state index >= 15 is 0 Å². The predicted molar refractivity (Wildman–Crippen MR) is 74.8 cm³/mol. The fraction of sp³-hybridized carbons (Fsp3) is 0.188. The van der Waals surface area contributed by atoms with Gasteiger partial charge >= 0.3 is 0 Å². The second kappa shape index (κ2) is 6.95. The smallest absolute Gasteiger partial charge is 0.254 e. The van der Waals surface area contributed by atoms with Crippen molar-refractivity contribution < 1.29 is 18.7 Å². The van der Waals surface area contributed by atoms with Crippen LogP contribution in [0.15, 0.2) is 48.5 Å². The van der Waals surface area contributed by atoms with Gasteiger partial charge in [-0.1, -0.05) is 36.4 Å². The lowest BCUT2D eigenvalue weighted by Gasteiger charge is -2.16. The summed E-state index contributed by atoms with van der Waals surface area (Å²) < 4.78 is 26.6. The predicted octanol–water partition coefficient (Wildman–Crippen LogP) is 2.30. The van der Waals surface area contributed by atoms with E-state index in [1.165, 1.54) is 12.1 Å². The molecule has 21 heavy (non-hydrogen) atoms. The van der Waals surface area contributed by atoms with Gasteiger partial charge in [-0.25, -0.2) is 8.78 Å². The first-order chi connectivity index (χ1) is 10.1. The highest BCUT2D eigenvalue weighted by atomic mass is 19.2. The molecule has 0 aliphatic heterocycles. The summed E-state index contributed by atoms with van der Waals surface area (Å²) in [5.41, 5.74) is 0.554. The quantitative estimate of drug-likeness (QED) is 0.888. The Morgan fingerprint density at radius 1 is 1.10 bits per heavy atom. The Labute approximate surface area is 121 Å². The lowest BCUT2D eigenvalue weighted by Crippen LogP contribution is -2.39. The average molecular weight is 291 g/mol. The van der Waals surface area contributed by atoms with Crippen molar-refractivity contribution in [2.24, 2.45) is 0 Å². The van der Waals surface area contributed by atoms with Crippen molar-refractivity contribution >= 4 is 5.91 Å². The minimum Gasteiger partial charge on any atom is -0.394 e. The van der Waals surface area contributed by atoms with Gasteiger partial charge in [0, 0.05) is 0 Å². The molecule has 0 bridgehead atoms. The van der Waals surface area contributed by atoms with Crippen molar-refractivity contribution in [3.05, 3.63) is 71.3 Å². The lowest BCUT2D eigenvalue weighted by molar-refractivity contribution is 0.0911. The van der Waals surface area contributed by atoms with Crippen LogP contribution in [0.5, 0.6) is 0 Å². The van der Waals surface area contributed by atoms with E-state index in [9.17, 15) is 18.7 Å². The molecule has 0 aromatic heterocycles. The summed E-state index contributed by atoms with van der Waals surface area (Å²) in [5.74, 6) is -3.01. The van der Waals surface area contributed by atoms with E-state index in [0.717, 1.165) is 11.6 Å². The summed E-state index contributed by atoms with van der Waals surface area (Å²) >= 11 is 0. The number of hydrogen-bond acceptors (Lipinski definition) is 2. The highest BCUT2D eigenvalue weighted by molar-refractivity contribution is 5.94. The maximum Gasteiger partial charge on any atom is 0.254 e. The standard InChI is InChI=1S/C16H15F2NO2/c17-14-8-4-7-13(15(14)18)16(21)19-12(10-20)9-11-5-2-1-3-6-11/h1-8,12,20H,9-10H2,(H,19,21). The molecule has 1 amide bonds. The van der Waals surface area contributed by atoms with Crippen LogP contribution in [0.2, 0.25) is 0 Å². The van der Waals surface area contributed by atoms with E-state index < -0.39 is 23.6 Å². The van der Waals surface area contributed by atoms with Crippen molar-refractivity contribution in [3.8, 4) is 0 Å². The minimum absolute atomic E-state index is 0.294. The van der Waals surface area contributed by atoms with Crippen molar-refractivity contribution in [1.29, 1.82) is 0 Å². The summed E-state index contributed by atoms with van der Waals surface area (Å²) in [7, 11) is 0. The molecule has 2 aromatic rings. The number of hydrogen-bond donors (Lipinski definition) is 2. The number of amides is 1. The Morgan fingerprint density at radius 3 is 2.48 bits per heavy atom. The maximum absolute atomic E-state index is 13.5. The molecule has 2 N–H and O–H groups in total. The van der Waals surface area contributed by atoms with E-state index in [4.69, 9.17) is 0 Å². The summed E-state index contributed by atoms with van der Waals surface area (Å²) in [6.45, 7) is -0.294. The largest absolute Gasteiger partial charge is 0.394 e. The Hall–Kier alpha value is -2.27. The zero-order valence-electron chi connectivity index (χ0n) is 11.2. The van der Waals surface area contributed by atoms with Crippen molar-refractivity contribution in [3.63, 3.8) is 0 Å². The van der Waals surface area contributed by atoms with Gasteiger partial charge in [-0.05, 0) is 24.1 Å². The molecule has 1 unspecified atom stereocenters. The van der Waals surface area contributed by atoms with Crippen LogP contribution < -0.4 is 5.32 Å². The van der Waals surface area contributed by atoms with Crippen molar-refractivity contribution in [2.45, 2.75) is 12.5 Å². The van der Waals surface area contributed by atoms with Crippen LogP contribution in [-0.2, 0) is 6.42 Å². The molecule has 0 radical (unpaired) electrons. The summed E-state index contributed by atoms with van der Waals surface area (Å²) in [4.78, 5) is 11.9. The summed E-state index contributed by atoms with van der Waals surface area (Å²) in [6.07, 6.45) is 0.403. The molecular weight excluding hydrogens is 276 g/mol. The average Bonchev–Trinajstić information content (AvgIpc) is 2.50. The van der Waals surface area contributed by atoms with E-state index in [0.29, 0.717) is 6.42 Å². The molecule has 0 fully saturated rings. The number of carbonyl (C=O) groups excluding carboxylic acids is 1. The number of carbonyl (C=O) groups is 1. The Morgan fingerprint density at radius 2 is 1.81 bits per heavy atom. The molecule has 0 spiro atoms. The van der Waals surface area contributed by atoms with Gasteiger partial charge in [0.2, 0.25) is 0 Å². The second-order valence-corrected chi connectivity index (χ2v) is 4.64. The molecule has 2 rings (SSSR count). The molecule has 0 saturated heterocycles. The van der Waals surface area contributed by atoms with Gasteiger partial charge in [0.15, 0.2) is 11.6 Å². The van der Waals surface area contributed by atoms with Crippen LogP contribution >= 0.6 is 0 Å². The molecule has 5 heteroatoms. The molecule has 0 aliphatic carbocycles. The van der Waals surface area contributed by atoms with Gasteiger partial charge in [0.25, 0.3) is 5.91 Å². The third-order valence-electron chi connectivity index (χ3n) is 3.08. The van der Waals surface area contributed by atoms with E-state index in [1.54, 1.807) is 0 Å². The first-order valence-corrected chi connectivity index (χ1v) is 6.51. The fourth-order valence-electron chi connectivity index (χ4n) is 2.00. The van der Waals surface area contributed by atoms with Crippen LogP contribution in [0.3, 0.4) is 0 Å². The zero-order chi connectivity index (χ0) is 15.2. The Bertz CT molecular complexity index is 617. The molecule has 2 aromatic carbocycles. The number of rotatable bonds is 5. The first-order valence-electron chi connectivity index (χ1n) is 6.51. The third kappa shape index (κ3) is 3.86. The monoisotopic (exact) mass is 291 g/mol. The molecular formula is C16H15F2NO2. The summed E-state index contributed by atoms with van der Waals surface area (Å²) in [6, 6.07) is 12.1. The third-order valence-corrected chi connectivity index (χ3v) is 3.08. The first kappa shape index (κ1) is 15.1. The van der Waals surface area contributed by atoms with Crippen LogP contribution in [0.1, 0.15) is 15.9 Å². The van der Waals surface area contributed by atoms with Crippen LogP contribution in [0.4, 0.5) is 8.78 Å². The number of aliphatic hydroxyl groups excluding tert-OH is 1. The highest BCUT2D eigenvalue weighted by Gasteiger charge is 2.18. The van der Waals surface area contributed by atoms with Gasteiger partial charge in [-0.2, -0.15) is 0 Å². The molecule has 0 aliphatic rings. The number of nitrogens with one attached hydrogen (secondary N) is 1. The highest BCUT2D eigenvalue weighted by Crippen LogP contribution is 2.12. The molecule has 3 nitrogen and oxygen atoms in total. The van der Waals surface area contributed by atoms with E-state index in [-0.39, 0.29) is 12.2 Å². The maximum atomic E-state index is 13.5. The molecule has 0 saturated carbocycles. The SMILES string of the molecule is O=C(NC(CO)Cc1ccccc1)c1cccc(F)c1F. The van der Waals surface area contributed by atoms with Crippen molar-refractivity contribution in [1.82, 2.24) is 5.32 Å². The van der Waals surface area contributed by atoms with Gasteiger partial charge in [-0.15, -0.1) is 0 Å². The lowest BCUT2D eigenvalue weighted by atomic mass is 10.1. The number of halogens is 2. The second-order valence-electron chi connectivity index (χ2n) is 4.64. The topological polar surface area (TPSA) is 49.3 Å². The fourth-order valence-corrected chi connectivity index (χ4v) is 2.00. The van der Waals surface area contributed by atoms with Gasteiger partial charge in [-0.3, -0.25) is 4.79 Å². The molecule has 0 heterocycles. The van der Waals surface area contributed by atoms with Gasteiger partial charge in [0.05, 0.1) is 18.2 Å². The van der Waals surface area contributed by atoms with E-state index in [1.807, 2.05) is 30.3 Å². The minimum atomic E-state index is -1.19. The zero-order valence-corrected chi connectivity index (χ0v) is 11.2. The van der Waals surface area contributed by atoms with Crippen LogP contribution in [0.25, 0.3) is 0 Å². The van der Waals surface area contributed by atoms with Gasteiger partial charge in [0.1, 0.15) is 0 Å². The number of benzene rings is 2. The van der Waals surface area contributed by atoms with Gasteiger partial charge < -0.3 is 10.4 Å². The Balaban J connectivity index is 2.08. The Kier molecular flexibility index (Phi) is 5.00. The normalized spacial score (nSPS) is 12.0. The number of aliphatic hydroxyl groups is 1. The molecule has 1 atom stereocenters.